The lowest BCUT2D eigenvalue weighted by Crippen LogP contribution is -2.48. The molecule has 8 nitrogen and oxygen atoms in total. The van der Waals surface area contributed by atoms with Crippen molar-refractivity contribution in [1.82, 2.24) is 19.8 Å². The van der Waals surface area contributed by atoms with E-state index in [0.29, 0.717) is 22.9 Å². The average Bonchev–Trinajstić information content (AvgIpc) is 3.07. The molecule has 0 unspecified atom stereocenters. The summed E-state index contributed by atoms with van der Waals surface area (Å²) < 4.78 is 9.06. The van der Waals surface area contributed by atoms with E-state index in [-0.39, 0.29) is 25.5 Å². The van der Waals surface area contributed by atoms with Crippen LogP contribution in [0.25, 0.3) is 0 Å². The molecule has 1 aliphatic heterocycles. The van der Waals surface area contributed by atoms with Crippen molar-refractivity contribution in [1.29, 1.82) is 0 Å². The summed E-state index contributed by atoms with van der Waals surface area (Å²) in [5.74, 6) is -0.754. The number of imide groups is 1. The van der Waals surface area contributed by atoms with Crippen molar-refractivity contribution in [2.75, 3.05) is 6.54 Å². The summed E-state index contributed by atoms with van der Waals surface area (Å²) in [4.78, 5) is 37.5. The van der Waals surface area contributed by atoms with Gasteiger partial charge in [0.25, 0.3) is 5.91 Å². The molecular formula is C14H17ClN4O4S. The van der Waals surface area contributed by atoms with Crippen LogP contribution in [0.1, 0.15) is 44.2 Å². The van der Waals surface area contributed by atoms with Gasteiger partial charge in [-0.05, 0) is 12.8 Å². The number of hydrogen-bond donors (Lipinski definition) is 1. The van der Waals surface area contributed by atoms with Crippen molar-refractivity contribution in [3.63, 3.8) is 0 Å². The summed E-state index contributed by atoms with van der Waals surface area (Å²) in [7, 11) is 0. The molecule has 130 valence electrons. The van der Waals surface area contributed by atoms with E-state index in [1.807, 2.05) is 0 Å². The number of rotatable bonds is 5. The molecule has 1 spiro atoms. The maximum absolute atomic E-state index is 12.6. The molecule has 1 aromatic rings. The first kappa shape index (κ1) is 17.1. The Labute approximate surface area is 147 Å². The molecule has 10 heteroatoms. The molecule has 2 heterocycles. The fraction of sp³-hybridized carbons (Fsp3) is 0.643. The van der Waals surface area contributed by atoms with E-state index in [1.54, 1.807) is 0 Å². The second-order valence-corrected chi connectivity index (χ2v) is 7.29. The number of carbonyl (C=O) groups excluding carboxylic acids is 3. The summed E-state index contributed by atoms with van der Waals surface area (Å²) in [5, 5.41) is 6.54. The van der Waals surface area contributed by atoms with Crippen LogP contribution in [0.15, 0.2) is 0 Å². The monoisotopic (exact) mass is 372 g/mol. The van der Waals surface area contributed by atoms with Gasteiger partial charge >= 0.3 is 12.0 Å². The lowest BCUT2D eigenvalue weighted by atomic mass is 9.82. The molecule has 0 radical (unpaired) electrons. The average molecular weight is 373 g/mol. The largest absolute Gasteiger partial charge is 0.459 e. The molecule has 0 atom stereocenters. The molecule has 2 aliphatic rings. The fourth-order valence-corrected chi connectivity index (χ4v) is 3.68. The maximum Gasteiger partial charge on any atom is 0.325 e. The Morgan fingerprint density at radius 3 is 2.75 bits per heavy atom. The van der Waals surface area contributed by atoms with Crippen LogP contribution >= 0.6 is 23.1 Å². The first-order valence-electron chi connectivity index (χ1n) is 7.78. The Kier molecular flexibility index (Phi) is 5.00. The van der Waals surface area contributed by atoms with Gasteiger partial charge in [0, 0.05) is 18.1 Å². The molecule has 1 saturated carbocycles. The quantitative estimate of drug-likeness (QED) is 0.625. The minimum Gasteiger partial charge on any atom is -0.459 e. The maximum atomic E-state index is 12.6. The second-order valence-electron chi connectivity index (χ2n) is 5.93. The topological polar surface area (TPSA) is 101 Å². The smallest absolute Gasteiger partial charge is 0.325 e. The highest BCUT2D eigenvalue weighted by molar-refractivity contribution is 7.10. The van der Waals surface area contributed by atoms with Crippen LogP contribution in [0.3, 0.4) is 0 Å². The highest BCUT2D eigenvalue weighted by atomic mass is 35.5. The van der Waals surface area contributed by atoms with E-state index in [9.17, 15) is 14.4 Å². The molecule has 0 aromatic carbocycles. The highest BCUT2D eigenvalue weighted by Crippen LogP contribution is 2.33. The third-order valence-corrected chi connectivity index (χ3v) is 5.36. The molecule has 1 aliphatic carbocycles. The lowest BCUT2D eigenvalue weighted by molar-refractivity contribution is -0.145. The first-order valence-corrected chi connectivity index (χ1v) is 8.93. The predicted octanol–water partition coefficient (Wildman–Crippen LogP) is 1.88. The molecule has 3 rings (SSSR count). The summed E-state index contributed by atoms with van der Waals surface area (Å²) in [6, 6.07) is -0.429. The Morgan fingerprint density at radius 2 is 2.08 bits per heavy atom. The lowest BCUT2D eigenvalue weighted by Gasteiger charge is -2.30. The normalized spacial score (nSPS) is 19.6. The summed E-state index contributed by atoms with van der Waals surface area (Å²) in [6.07, 6.45) is 4.17. The standard InChI is InChI=1S/C14H17ClN4O4S/c15-11-9(17-18-24-11)8-23-10(20)4-7-19-12(21)14(16-13(19)22)5-2-1-3-6-14/h1-8H2,(H,16,22). The molecule has 1 aromatic heterocycles. The number of aromatic nitrogens is 2. The van der Waals surface area contributed by atoms with Gasteiger partial charge in [0.1, 0.15) is 22.2 Å². The molecule has 0 bridgehead atoms. The van der Waals surface area contributed by atoms with E-state index in [2.05, 4.69) is 14.9 Å². The summed E-state index contributed by atoms with van der Waals surface area (Å²) in [5.41, 5.74) is -0.370. The summed E-state index contributed by atoms with van der Waals surface area (Å²) in [6.45, 7) is -0.0630. The SMILES string of the molecule is O=C(CCN1C(=O)NC2(CCCCC2)C1=O)OCc1nnsc1Cl. The van der Waals surface area contributed by atoms with E-state index < -0.39 is 17.5 Å². The third-order valence-electron chi connectivity index (χ3n) is 4.37. The van der Waals surface area contributed by atoms with Crippen LogP contribution in [0.5, 0.6) is 0 Å². The molecular weight excluding hydrogens is 356 g/mol. The van der Waals surface area contributed by atoms with Crippen molar-refractivity contribution >= 4 is 41.0 Å². The fourth-order valence-electron chi connectivity index (χ4n) is 3.08. The number of nitrogens with one attached hydrogen (secondary N) is 1. The molecule has 1 saturated heterocycles. The van der Waals surface area contributed by atoms with Crippen molar-refractivity contribution in [2.24, 2.45) is 0 Å². The minimum absolute atomic E-state index is 0.00823. The number of ether oxygens (including phenoxy) is 1. The van der Waals surface area contributed by atoms with Gasteiger partial charge in [-0.3, -0.25) is 14.5 Å². The molecule has 2 fully saturated rings. The van der Waals surface area contributed by atoms with Gasteiger partial charge in [-0.2, -0.15) is 0 Å². The van der Waals surface area contributed by atoms with Crippen LogP contribution in [0, 0.1) is 0 Å². The van der Waals surface area contributed by atoms with Crippen molar-refractivity contribution in [3.05, 3.63) is 10.0 Å². The zero-order valence-electron chi connectivity index (χ0n) is 12.9. The van der Waals surface area contributed by atoms with Crippen LogP contribution in [-0.2, 0) is 20.9 Å². The van der Waals surface area contributed by atoms with Crippen molar-refractivity contribution in [3.8, 4) is 0 Å². The Hall–Kier alpha value is -1.74. The van der Waals surface area contributed by atoms with Crippen LogP contribution < -0.4 is 5.32 Å². The predicted molar refractivity (Wildman–Crippen MR) is 85.4 cm³/mol. The summed E-state index contributed by atoms with van der Waals surface area (Å²) >= 11 is 6.83. The third kappa shape index (κ3) is 3.36. The number of carbonyl (C=O) groups is 3. The van der Waals surface area contributed by atoms with Gasteiger partial charge in [0.15, 0.2) is 0 Å². The Balaban J connectivity index is 1.50. The van der Waals surface area contributed by atoms with E-state index in [0.717, 1.165) is 35.7 Å². The number of urea groups is 1. The van der Waals surface area contributed by atoms with Gasteiger partial charge in [-0.15, -0.1) is 5.10 Å². The van der Waals surface area contributed by atoms with Gasteiger partial charge in [-0.25, -0.2) is 4.79 Å². The highest BCUT2D eigenvalue weighted by Gasteiger charge is 2.51. The number of halogens is 1. The van der Waals surface area contributed by atoms with E-state index in [1.165, 1.54) is 0 Å². The van der Waals surface area contributed by atoms with E-state index in [4.69, 9.17) is 16.3 Å². The zero-order chi connectivity index (χ0) is 17.2. The first-order chi connectivity index (χ1) is 11.5. The minimum atomic E-state index is -0.765. The Morgan fingerprint density at radius 1 is 1.33 bits per heavy atom. The van der Waals surface area contributed by atoms with Gasteiger partial charge in [0.05, 0.1) is 6.42 Å². The second kappa shape index (κ2) is 7.02. The number of hydrogen-bond acceptors (Lipinski definition) is 7. The van der Waals surface area contributed by atoms with Crippen molar-refractivity contribution < 1.29 is 19.1 Å². The number of esters is 1. The molecule has 1 N–H and O–H groups in total. The number of nitrogens with zero attached hydrogens (tertiary/aromatic N) is 3. The van der Waals surface area contributed by atoms with Crippen LogP contribution in [-0.4, -0.2) is 44.5 Å². The zero-order valence-corrected chi connectivity index (χ0v) is 14.5. The molecule has 3 amide bonds. The van der Waals surface area contributed by atoms with Gasteiger partial charge in [0.2, 0.25) is 0 Å². The van der Waals surface area contributed by atoms with E-state index >= 15 is 0 Å². The van der Waals surface area contributed by atoms with Gasteiger partial charge in [-0.1, -0.05) is 35.4 Å². The van der Waals surface area contributed by atoms with Crippen LogP contribution in [0.2, 0.25) is 4.34 Å². The molecule has 24 heavy (non-hydrogen) atoms. The van der Waals surface area contributed by atoms with Crippen LogP contribution in [0.4, 0.5) is 4.79 Å². The van der Waals surface area contributed by atoms with Gasteiger partial charge < -0.3 is 10.1 Å². The number of amides is 3. The Bertz CT molecular complexity index is 659. The van der Waals surface area contributed by atoms with Crippen molar-refractivity contribution in [2.45, 2.75) is 50.7 Å².